The molecule has 0 aliphatic carbocycles. The maximum atomic E-state index is 12.2. The summed E-state index contributed by atoms with van der Waals surface area (Å²) in [7, 11) is 0. The Labute approximate surface area is 177 Å². The Morgan fingerprint density at radius 3 is 2.72 bits per heavy atom. The number of piperidine rings is 1. The Morgan fingerprint density at radius 2 is 1.97 bits per heavy atom. The summed E-state index contributed by atoms with van der Waals surface area (Å²) in [5, 5.41) is 9.59. The van der Waals surface area contributed by atoms with Crippen LogP contribution in [0.25, 0.3) is 0 Å². The van der Waals surface area contributed by atoms with E-state index in [-0.39, 0.29) is 11.8 Å². The van der Waals surface area contributed by atoms with Crippen LogP contribution in [-0.2, 0) is 17.9 Å². The smallest absolute Gasteiger partial charge is 0.252 e. The fraction of sp³-hybridized carbons (Fsp3) is 0.478. The quantitative estimate of drug-likeness (QED) is 0.612. The van der Waals surface area contributed by atoms with Crippen molar-refractivity contribution >= 4 is 23.2 Å². The molecule has 1 fully saturated rings. The normalized spacial score (nSPS) is 17.1. The number of nitrogens with zero attached hydrogens (tertiary/aromatic N) is 1. The van der Waals surface area contributed by atoms with Crippen molar-refractivity contribution in [3.8, 4) is 0 Å². The lowest BCUT2D eigenvalue weighted by atomic mass is 10.0. The zero-order valence-corrected chi connectivity index (χ0v) is 18.0. The van der Waals surface area contributed by atoms with Gasteiger partial charge in [-0.25, -0.2) is 0 Å². The van der Waals surface area contributed by atoms with Gasteiger partial charge >= 0.3 is 0 Å². The SMILES string of the molecule is CC1CCCCN1Cc1ccccc1CNC(=O)CCCNC(=O)c1ccsc1. The zero-order chi connectivity index (χ0) is 20.5. The van der Waals surface area contributed by atoms with Crippen LogP contribution in [0.15, 0.2) is 41.1 Å². The lowest BCUT2D eigenvalue weighted by Gasteiger charge is -2.33. The lowest BCUT2D eigenvalue weighted by Crippen LogP contribution is -2.37. The molecule has 1 aromatic heterocycles. The predicted octanol–water partition coefficient (Wildman–Crippen LogP) is 3.95. The van der Waals surface area contributed by atoms with Crippen molar-refractivity contribution in [2.75, 3.05) is 13.1 Å². The molecule has 2 amide bonds. The minimum atomic E-state index is -0.0764. The number of hydrogen-bond acceptors (Lipinski definition) is 4. The van der Waals surface area contributed by atoms with Gasteiger partial charge < -0.3 is 10.6 Å². The van der Waals surface area contributed by atoms with Crippen molar-refractivity contribution in [2.45, 2.75) is 58.2 Å². The molecule has 1 aliphatic rings. The highest BCUT2D eigenvalue weighted by atomic mass is 32.1. The molecular weight excluding hydrogens is 382 g/mol. The first kappa shape index (κ1) is 21.5. The summed E-state index contributed by atoms with van der Waals surface area (Å²) in [6.07, 6.45) is 4.90. The molecule has 0 saturated carbocycles. The van der Waals surface area contributed by atoms with Crippen LogP contribution in [0.2, 0.25) is 0 Å². The van der Waals surface area contributed by atoms with Gasteiger partial charge in [0.25, 0.3) is 5.91 Å². The van der Waals surface area contributed by atoms with E-state index in [2.05, 4.69) is 40.7 Å². The molecule has 5 nitrogen and oxygen atoms in total. The molecule has 1 saturated heterocycles. The number of rotatable bonds is 9. The summed E-state index contributed by atoms with van der Waals surface area (Å²) in [5.41, 5.74) is 3.16. The minimum absolute atomic E-state index is 0.0240. The van der Waals surface area contributed by atoms with Crippen LogP contribution >= 0.6 is 11.3 Å². The Morgan fingerprint density at radius 1 is 1.14 bits per heavy atom. The average molecular weight is 414 g/mol. The molecule has 3 rings (SSSR count). The van der Waals surface area contributed by atoms with Crippen LogP contribution in [0.1, 0.15) is 60.5 Å². The van der Waals surface area contributed by atoms with Crippen LogP contribution in [0.4, 0.5) is 0 Å². The summed E-state index contributed by atoms with van der Waals surface area (Å²) < 4.78 is 0. The average Bonchev–Trinajstić information content (AvgIpc) is 3.27. The molecule has 0 bridgehead atoms. The molecule has 1 unspecified atom stereocenters. The van der Waals surface area contributed by atoms with Crippen molar-refractivity contribution in [3.63, 3.8) is 0 Å². The highest BCUT2D eigenvalue weighted by Gasteiger charge is 2.19. The highest BCUT2D eigenvalue weighted by Crippen LogP contribution is 2.20. The minimum Gasteiger partial charge on any atom is -0.352 e. The third-order valence-electron chi connectivity index (χ3n) is 5.56. The first-order valence-electron chi connectivity index (χ1n) is 10.5. The lowest BCUT2D eigenvalue weighted by molar-refractivity contribution is -0.121. The van der Waals surface area contributed by atoms with Crippen LogP contribution in [0, 0.1) is 0 Å². The van der Waals surface area contributed by atoms with Gasteiger partial charge in [-0.3, -0.25) is 14.5 Å². The molecule has 0 radical (unpaired) electrons. The van der Waals surface area contributed by atoms with Crippen molar-refractivity contribution in [2.24, 2.45) is 0 Å². The van der Waals surface area contributed by atoms with E-state index < -0.39 is 0 Å². The molecule has 2 aromatic rings. The van der Waals surface area contributed by atoms with Crippen molar-refractivity contribution < 1.29 is 9.59 Å². The van der Waals surface area contributed by atoms with E-state index in [0.29, 0.717) is 37.5 Å². The van der Waals surface area contributed by atoms with Gasteiger partial charge in [0.05, 0.1) is 0 Å². The Bertz CT molecular complexity index is 791. The summed E-state index contributed by atoms with van der Waals surface area (Å²) in [5.74, 6) is -0.0524. The van der Waals surface area contributed by atoms with E-state index in [9.17, 15) is 9.59 Å². The van der Waals surface area contributed by atoms with Gasteiger partial charge in [-0.15, -0.1) is 0 Å². The Kier molecular flexibility index (Phi) is 8.25. The summed E-state index contributed by atoms with van der Waals surface area (Å²) >= 11 is 1.50. The monoisotopic (exact) mass is 413 g/mol. The Balaban J connectivity index is 1.40. The third kappa shape index (κ3) is 6.68. The number of thiophene rings is 1. The fourth-order valence-corrected chi connectivity index (χ4v) is 4.36. The molecule has 1 aromatic carbocycles. The van der Waals surface area contributed by atoms with Crippen molar-refractivity contribution in [1.29, 1.82) is 0 Å². The van der Waals surface area contributed by atoms with Crippen LogP contribution < -0.4 is 10.6 Å². The number of carbonyl (C=O) groups excluding carboxylic acids is 2. The molecule has 156 valence electrons. The summed E-state index contributed by atoms with van der Waals surface area (Å²) in [6.45, 7) is 5.46. The van der Waals surface area contributed by atoms with E-state index >= 15 is 0 Å². The van der Waals surface area contributed by atoms with Crippen molar-refractivity contribution in [3.05, 3.63) is 57.8 Å². The van der Waals surface area contributed by atoms with E-state index in [1.54, 1.807) is 6.07 Å². The predicted molar refractivity (Wildman–Crippen MR) is 118 cm³/mol. The van der Waals surface area contributed by atoms with Crippen LogP contribution in [0.3, 0.4) is 0 Å². The van der Waals surface area contributed by atoms with Crippen LogP contribution in [-0.4, -0.2) is 35.8 Å². The number of benzene rings is 1. The topological polar surface area (TPSA) is 61.4 Å². The van der Waals surface area contributed by atoms with Crippen molar-refractivity contribution in [1.82, 2.24) is 15.5 Å². The van der Waals surface area contributed by atoms with Gasteiger partial charge in [-0.05, 0) is 55.3 Å². The van der Waals surface area contributed by atoms with Gasteiger partial charge in [-0.2, -0.15) is 11.3 Å². The van der Waals surface area contributed by atoms with E-state index in [4.69, 9.17) is 0 Å². The summed E-state index contributed by atoms with van der Waals surface area (Å²) in [6, 6.07) is 10.8. The van der Waals surface area contributed by atoms with Gasteiger partial charge in [0, 0.05) is 43.0 Å². The molecule has 2 N–H and O–H groups in total. The van der Waals surface area contributed by atoms with Gasteiger partial charge in [0.15, 0.2) is 0 Å². The second-order valence-corrected chi connectivity index (χ2v) is 8.51. The first-order valence-corrected chi connectivity index (χ1v) is 11.5. The first-order chi connectivity index (χ1) is 14.1. The van der Waals surface area contributed by atoms with Gasteiger partial charge in [-0.1, -0.05) is 30.7 Å². The summed E-state index contributed by atoms with van der Waals surface area (Å²) in [4.78, 5) is 26.6. The number of carbonyl (C=O) groups is 2. The molecule has 29 heavy (non-hydrogen) atoms. The second-order valence-electron chi connectivity index (χ2n) is 7.73. The fourth-order valence-electron chi connectivity index (χ4n) is 3.72. The molecule has 1 atom stereocenters. The van der Waals surface area contributed by atoms with E-state index in [1.165, 1.54) is 41.7 Å². The van der Waals surface area contributed by atoms with E-state index in [1.807, 2.05) is 16.8 Å². The number of hydrogen-bond donors (Lipinski definition) is 2. The standard InChI is InChI=1S/C23H31N3O2S/c1-18-7-4-5-13-26(18)16-20-9-3-2-8-19(20)15-25-22(27)10-6-12-24-23(28)21-11-14-29-17-21/h2-3,8-9,11,14,17-18H,4-7,10,12-13,15-16H2,1H3,(H,24,28)(H,25,27). The number of nitrogens with one attached hydrogen (secondary N) is 2. The number of likely N-dealkylation sites (tertiary alicyclic amines) is 1. The largest absolute Gasteiger partial charge is 0.352 e. The third-order valence-corrected chi connectivity index (χ3v) is 6.24. The van der Waals surface area contributed by atoms with Crippen LogP contribution in [0.5, 0.6) is 0 Å². The maximum absolute atomic E-state index is 12.2. The Hall–Kier alpha value is -2.18. The van der Waals surface area contributed by atoms with Gasteiger partial charge in [0.1, 0.15) is 0 Å². The zero-order valence-electron chi connectivity index (χ0n) is 17.2. The molecule has 6 heteroatoms. The van der Waals surface area contributed by atoms with Gasteiger partial charge in [0.2, 0.25) is 5.91 Å². The second kappa shape index (κ2) is 11.1. The maximum Gasteiger partial charge on any atom is 0.252 e. The highest BCUT2D eigenvalue weighted by molar-refractivity contribution is 7.08. The molecule has 1 aliphatic heterocycles. The molecule has 0 spiro atoms. The van der Waals surface area contributed by atoms with E-state index in [0.717, 1.165) is 13.1 Å². The number of amides is 2. The molecular formula is C23H31N3O2S. The molecule has 2 heterocycles.